The van der Waals surface area contributed by atoms with Gasteiger partial charge < -0.3 is 19.7 Å². The van der Waals surface area contributed by atoms with E-state index in [2.05, 4.69) is 21.3 Å². The molecule has 2 heterocycles. The number of carbonyl (C=O) groups excluding carboxylic acids is 1. The van der Waals surface area contributed by atoms with E-state index in [0.29, 0.717) is 35.2 Å². The smallest absolute Gasteiger partial charge is 0.224 e. The second kappa shape index (κ2) is 9.78. The van der Waals surface area contributed by atoms with E-state index in [1.807, 2.05) is 12.1 Å². The van der Waals surface area contributed by atoms with Crippen LogP contribution < -0.4 is 19.7 Å². The molecule has 152 valence electrons. The van der Waals surface area contributed by atoms with Crippen LogP contribution in [0.1, 0.15) is 31.4 Å². The number of amides is 1. The highest BCUT2D eigenvalue weighted by Gasteiger charge is 2.22. The highest BCUT2D eigenvalue weighted by molar-refractivity contribution is 5.91. The summed E-state index contributed by atoms with van der Waals surface area (Å²) in [6.45, 7) is 1.77. The fraction of sp³-hybridized carbons (Fsp3) is 0.409. The van der Waals surface area contributed by atoms with E-state index in [0.717, 1.165) is 38.2 Å². The van der Waals surface area contributed by atoms with Gasteiger partial charge in [-0.1, -0.05) is 6.07 Å². The van der Waals surface area contributed by atoms with Crippen molar-refractivity contribution >= 4 is 17.4 Å². The lowest BCUT2D eigenvalue weighted by Gasteiger charge is -2.33. The zero-order chi connectivity index (χ0) is 20.6. The molecule has 0 aliphatic carbocycles. The number of pyridine rings is 1. The van der Waals surface area contributed by atoms with Gasteiger partial charge in [0.15, 0.2) is 0 Å². The number of carbonyl (C=O) groups is 1. The number of nitrogens with zero attached hydrogens (tertiary/aromatic N) is 3. The maximum atomic E-state index is 12.4. The molecule has 0 radical (unpaired) electrons. The Balaban J connectivity index is 1.54. The quantitative estimate of drug-likeness (QED) is 0.772. The molecule has 1 aliphatic rings. The Labute approximate surface area is 171 Å². The van der Waals surface area contributed by atoms with Gasteiger partial charge in [-0.05, 0) is 37.3 Å². The van der Waals surface area contributed by atoms with Crippen molar-refractivity contribution in [3.63, 3.8) is 0 Å². The van der Waals surface area contributed by atoms with Gasteiger partial charge in [0, 0.05) is 43.4 Å². The minimum Gasteiger partial charge on any atom is -0.497 e. The van der Waals surface area contributed by atoms with Gasteiger partial charge in [-0.3, -0.25) is 4.79 Å². The molecule has 1 amide bonds. The second-order valence-electron chi connectivity index (χ2n) is 7.14. The summed E-state index contributed by atoms with van der Waals surface area (Å²) in [7, 11) is 3.16. The van der Waals surface area contributed by atoms with E-state index in [-0.39, 0.29) is 5.91 Å². The van der Waals surface area contributed by atoms with Gasteiger partial charge >= 0.3 is 0 Å². The van der Waals surface area contributed by atoms with Crippen molar-refractivity contribution in [3.8, 4) is 17.6 Å². The molecule has 29 heavy (non-hydrogen) atoms. The molecule has 3 rings (SSSR count). The number of nitriles is 1. The highest BCUT2D eigenvalue weighted by Crippen LogP contribution is 2.27. The molecule has 1 unspecified atom stereocenters. The number of methoxy groups -OCH3 is 2. The van der Waals surface area contributed by atoms with Crippen LogP contribution in [0.4, 0.5) is 11.5 Å². The Morgan fingerprint density at radius 1 is 1.28 bits per heavy atom. The third-order valence-corrected chi connectivity index (χ3v) is 5.11. The average molecular weight is 394 g/mol. The molecule has 1 fully saturated rings. The molecule has 7 heteroatoms. The molecule has 2 aromatic rings. The third-order valence-electron chi connectivity index (χ3n) is 5.11. The first kappa shape index (κ1) is 20.5. The first-order valence-electron chi connectivity index (χ1n) is 9.76. The number of hydrogen-bond donors (Lipinski definition) is 1. The normalized spacial score (nSPS) is 16.0. The van der Waals surface area contributed by atoms with Gasteiger partial charge in [-0.2, -0.15) is 5.26 Å². The van der Waals surface area contributed by atoms with E-state index in [4.69, 9.17) is 14.7 Å². The highest BCUT2D eigenvalue weighted by atomic mass is 16.5. The molecule has 0 saturated carbocycles. The molecule has 0 bridgehead atoms. The molecule has 1 aromatic carbocycles. The fourth-order valence-corrected chi connectivity index (χ4v) is 3.61. The molecular weight excluding hydrogens is 368 g/mol. The molecule has 0 spiro atoms. The van der Waals surface area contributed by atoms with E-state index >= 15 is 0 Å². The average Bonchev–Trinajstić information content (AvgIpc) is 2.77. The Hall–Kier alpha value is -3.27. The molecule has 1 aromatic heterocycles. The molecular formula is C22H26N4O3. The van der Waals surface area contributed by atoms with Crippen LogP contribution in [-0.2, 0) is 4.79 Å². The standard InChI is InChI=1S/C22H26N4O3/c1-28-19-11-18(12-20(13-19)29-2)25-22(27)9-8-16-5-4-10-26(15-16)21-7-3-6-17(14-23)24-21/h3,6-7,11-13,16H,4-5,8-10,15H2,1-2H3,(H,25,27). The number of hydrogen-bond acceptors (Lipinski definition) is 6. The minimum atomic E-state index is -0.0259. The summed E-state index contributed by atoms with van der Waals surface area (Å²) in [5.41, 5.74) is 1.09. The van der Waals surface area contributed by atoms with Crippen molar-refractivity contribution in [1.29, 1.82) is 5.26 Å². The Kier molecular flexibility index (Phi) is 6.90. The van der Waals surface area contributed by atoms with Crippen LogP contribution in [0.2, 0.25) is 0 Å². The number of benzene rings is 1. The zero-order valence-electron chi connectivity index (χ0n) is 16.9. The summed E-state index contributed by atoms with van der Waals surface area (Å²) in [6, 6.07) is 12.9. The van der Waals surface area contributed by atoms with E-state index in [1.165, 1.54) is 0 Å². The SMILES string of the molecule is COc1cc(NC(=O)CCC2CCCN(c3cccc(C#N)n3)C2)cc(OC)c1. The minimum absolute atomic E-state index is 0.0259. The van der Waals surface area contributed by atoms with Crippen LogP contribution in [0.15, 0.2) is 36.4 Å². The summed E-state index contributed by atoms with van der Waals surface area (Å²) in [5, 5.41) is 12.0. The number of nitrogens with one attached hydrogen (secondary N) is 1. The largest absolute Gasteiger partial charge is 0.497 e. The van der Waals surface area contributed by atoms with Crippen molar-refractivity contribution in [1.82, 2.24) is 4.98 Å². The molecule has 1 atom stereocenters. The van der Waals surface area contributed by atoms with Crippen LogP contribution >= 0.6 is 0 Å². The van der Waals surface area contributed by atoms with Gasteiger partial charge in [0.25, 0.3) is 0 Å². The Morgan fingerprint density at radius 2 is 2.03 bits per heavy atom. The first-order valence-corrected chi connectivity index (χ1v) is 9.76. The number of ether oxygens (including phenoxy) is 2. The zero-order valence-corrected chi connectivity index (χ0v) is 16.9. The summed E-state index contributed by atoms with van der Waals surface area (Å²) in [4.78, 5) is 19.0. The lowest BCUT2D eigenvalue weighted by atomic mass is 9.93. The van der Waals surface area contributed by atoms with Gasteiger partial charge in [0.2, 0.25) is 5.91 Å². The van der Waals surface area contributed by atoms with Crippen molar-refractivity contribution in [2.24, 2.45) is 5.92 Å². The summed E-state index contributed by atoms with van der Waals surface area (Å²) < 4.78 is 10.5. The molecule has 1 saturated heterocycles. The summed E-state index contributed by atoms with van der Waals surface area (Å²) >= 11 is 0. The van der Waals surface area contributed by atoms with Crippen molar-refractivity contribution in [2.45, 2.75) is 25.7 Å². The van der Waals surface area contributed by atoms with E-state index in [9.17, 15) is 4.79 Å². The molecule has 1 aliphatic heterocycles. The lowest BCUT2D eigenvalue weighted by Crippen LogP contribution is -2.36. The number of piperidine rings is 1. The lowest BCUT2D eigenvalue weighted by molar-refractivity contribution is -0.116. The van der Waals surface area contributed by atoms with Crippen LogP contribution in [0.5, 0.6) is 11.5 Å². The predicted octanol–water partition coefficient (Wildman–Crippen LogP) is 3.61. The summed E-state index contributed by atoms with van der Waals surface area (Å²) in [5.74, 6) is 2.50. The molecule has 7 nitrogen and oxygen atoms in total. The maximum Gasteiger partial charge on any atom is 0.224 e. The van der Waals surface area contributed by atoms with Crippen LogP contribution in [0, 0.1) is 17.2 Å². The van der Waals surface area contributed by atoms with E-state index in [1.54, 1.807) is 38.5 Å². The van der Waals surface area contributed by atoms with Crippen molar-refractivity contribution in [3.05, 3.63) is 42.1 Å². The van der Waals surface area contributed by atoms with Crippen LogP contribution in [0.25, 0.3) is 0 Å². The monoisotopic (exact) mass is 394 g/mol. The fourth-order valence-electron chi connectivity index (χ4n) is 3.61. The Morgan fingerprint density at radius 3 is 2.72 bits per heavy atom. The van der Waals surface area contributed by atoms with Gasteiger partial charge in [-0.15, -0.1) is 0 Å². The second-order valence-corrected chi connectivity index (χ2v) is 7.14. The summed E-state index contributed by atoms with van der Waals surface area (Å²) in [6.07, 6.45) is 3.40. The predicted molar refractivity (Wildman–Crippen MR) is 111 cm³/mol. The van der Waals surface area contributed by atoms with Gasteiger partial charge in [0.05, 0.1) is 14.2 Å². The third kappa shape index (κ3) is 5.61. The Bertz CT molecular complexity index is 872. The van der Waals surface area contributed by atoms with Crippen LogP contribution in [-0.4, -0.2) is 38.2 Å². The topological polar surface area (TPSA) is 87.5 Å². The van der Waals surface area contributed by atoms with Gasteiger partial charge in [-0.25, -0.2) is 4.98 Å². The maximum absolute atomic E-state index is 12.4. The molecule has 1 N–H and O–H groups in total. The van der Waals surface area contributed by atoms with Crippen molar-refractivity contribution in [2.75, 3.05) is 37.5 Å². The number of rotatable bonds is 7. The van der Waals surface area contributed by atoms with Crippen LogP contribution in [0.3, 0.4) is 0 Å². The number of aromatic nitrogens is 1. The van der Waals surface area contributed by atoms with Crippen molar-refractivity contribution < 1.29 is 14.3 Å². The first-order chi connectivity index (χ1) is 14.1. The van der Waals surface area contributed by atoms with Gasteiger partial charge in [0.1, 0.15) is 29.1 Å². The number of anilines is 2. The van der Waals surface area contributed by atoms with E-state index < -0.39 is 0 Å².